The molecule has 278 valence electrons. The molecule has 0 amide bonds. The molecule has 2 heterocycles. The van der Waals surface area contributed by atoms with Crippen LogP contribution in [0.25, 0.3) is 65.4 Å². The van der Waals surface area contributed by atoms with Gasteiger partial charge in [0.1, 0.15) is 22.7 Å². The molecule has 0 bridgehead atoms. The lowest BCUT2D eigenvalue weighted by atomic mass is 10.0. The van der Waals surface area contributed by atoms with E-state index in [0.29, 0.717) is 0 Å². The summed E-state index contributed by atoms with van der Waals surface area (Å²) in [5.41, 5.74) is 9.33. The Morgan fingerprint density at radius 1 is 0.328 bits per heavy atom. The number of hydrogen-bond acceptors (Lipinski definition) is 6. The molecule has 0 fully saturated rings. The van der Waals surface area contributed by atoms with Crippen molar-refractivity contribution in [2.75, 3.05) is 24.0 Å². The van der Waals surface area contributed by atoms with Crippen molar-refractivity contribution in [1.82, 2.24) is 0 Å². The van der Waals surface area contributed by atoms with Gasteiger partial charge >= 0.3 is 0 Å². The monoisotopic (exact) mass is 752 g/mol. The van der Waals surface area contributed by atoms with Gasteiger partial charge in [0.2, 0.25) is 0 Å². The highest BCUT2D eigenvalue weighted by Gasteiger charge is 2.20. The Morgan fingerprint density at radius 2 is 0.741 bits per heavy atom. The lowest BCUT2D eigenvalue weighted by molar-refractivity contribution is 0.415. The van der Waals surface area contributed by atoms with Crippen molar-refractivity contribution in [3.05, 3.63) is 182 Å². The fourth-order valence-electron chi connectivity index (χ4n) is 8.35. The van der Waals surface area contributed by atoms with E-state index in [1.807, 2.05) is 36.4 Å². The minimum Gasteiger partial charge on any atom is -0.497 e. The van der Waals surface area contributed by atoms with Crippen LogP contribution in [-0.2, 0) is 0 Å². The summed E-state index contributed by atoms with van der Waals surface area (Å²) in [6, 6.07) is 63.3. The molecular formula is C52H36N2O4. The number of furan rings is 2. The molecule has 58 heavy (non-hydrogen) atoms. The maximum Gasteiger partial charge on any atom is 0.178 e. The second kappa shape index (κ2) is 13.5. The first-order valence-electron chi connectivity index (χ1n) is 19.3. The van der Waals surface area contributed by atoms with Gasteiger partial charge in [0.05, 0.1) is 14.2 Å². The molecule has 6 nitrogen and oxygen atoms in total. The number of benzene rings is 9. The Balaban J connectivity index is 1.02. The second-order valence-electron chi connectivity index (χ2n) is 14.5. The zero-order valence-corrected chi connectivity index (χ0v) is 31.8. The second-order valence-corrected chi connectivity index (χ2v) is 14.5. The molecule has 0 N–H and O–H groups in total. The highest BCUT2D eigenvalue weighted by Crippen LogP contribution is 2.44. The van der Waals surface area contributed by atoms with E-state index in [0.717, 1.165) is 111 Å². The smallest absolute Gasteiger partial charge is 0.178 e. The zero-order chi connectivity index (χ0) is 38.7. The van der Waals surface area contributed by atoms with Crippen molar-refractivity contribution >= 4 is 99.5 Å². The molecule has 0 unspecified atom stereocenters. The third-order valence-corrected chi connectivity index (χ3v) is 11.1. The van der Waals surface area contributed by atoms with Gasteiger partial charge in [0.25, 0.3) is 0 Å². The summed E-state index contributed by atoms with van der Waals surface area (Å²) in [4.78, 5) is 4.49. The predicted molar refractivity (Wildman–Crippen MR) is 238 cm³/mol. The molecule has 9 aromatic carbocycles. The molecule has 0 aliphatic rings. The Labute approximate surface area is 334 Å². The molecule has 0 spiro atoms. The van der Waals surface area contributed by atoms with Crippen LogP contribution in [0.5, 0.6) is 11.5 Å². The van der Waals surface area contributed by atoms with Crippen LogP contribution >= 0.6 is 0 Å². The molecular weight excluding hydrogens is 717 g/mol. The van der Waals surface area contributed by atoms with E-state index in [1.54, 1.807) is 14.2 Å². The largest absolute Gasteiger partial charge is 0.497 e. The minimum absolute atomic E-state index is 0.750. The van der Waals surface area contributed by atoms with Crippen molar-refractivity contribution in [2.24, 2.45) is 0 Å². The number of rotatable bonds is 8. The Hall–Kier alpha value is -7.70. The summed E-state index contributed by atoms with van der Waals surface area (Å²) in [6.07, 6.45) is 0. The van der Waals surface area contributed by atoms with Crippen LogP contribution in [0.3, 0.4) is 0 Å². The molecule has 0 aliphatic heterocycles. The van der Waals surface area contributed by atoms with E-state index in [2.05, 4.69) is 155 Å². The normalized spacial score (nSPS) is 11.6. The summed E-state index contributed by atoms with van der Waals surface area (Å²) < 4.78 is 24.6. The van der Waals surface area contributed by atoms with E-state index < -0.39 is 0 Å². The molecule has 2 aromatic heterocycles. The quantitative estimate of drug-likeness (QED) is 0.154. The average Bonchev–Trinajstić information content (AvgIpc) is 3.83. The number of nitrogens with zero attached hydrogens (tertiary/aromatic N) is 2. The van der Waals surface area contributed by atoms with Crippen LogP contribution in [0.15, 0.2) is 191 Å². The van der Waals surface area contributed by atoms with E-state index >= 15 is 0 Å². The maximum absolute atomic E-state index is 6.73. The summed E-state index contributed by atoms with van der Waals surface area (Å²) in [5, 5.41) is 8.57. The molecule has 11 rings (SSSR count). The van der Waals surface area contributed by atoms with E-state index in [4.69, 9.17) is 18.3 Å². The van der Waals surface area contributed by atoms with Gasteiger partial charge in [-0.05, 0) is 131 Å². The summed E-state index contributed by atoms with van der Waals surface area (Å²) in [5.74, 6) is 1.61. The van der Waals surface area contributed by atoms with E-state index in [-0.39, 0.29) is 0 Å². The van der Waals surface area contributed by atoms with Crippen molar-refractivity contribution in [3.8, 4) is 11.5 Å². The molecule has 0 saturated heterocycles. The predicted octanol–water partition coefficient (Wildman–Crippen LogP) is 14.7. The first kappa shape index (κ1) is 33.6. The van der Waals surface area contributed by atoms with Crippen LogP contribution in [-0.4, -0.2) is 14.2 Å². The number of ether oxygens (including phenoxy) is 2. The summed E-state index contributed by atoms with van der Waals surface area (Å²) in [7, 11) is 3.39. The molecule has 0 radical (unpaired) electrons. The van der Waals surface area contributed by atoms with Gasteiger partial charge in [0.15, 0.2) is 11.2 Å². The van der Waals surface area contributed by atoms with E-state index in [9.17, 15) is 0 Å². The Bertz CT molecular complexity index is 3110. The van der Waals surface area contributed by atoms with Gasteiger partial charge in [-0.3, -0.25) is 0 Å². The number of fused-ring (bicyclic) bond motifs is 9. The van der Waals surface area contributed by atoms with Gasteiger partial charge in [-0.25, -0.2) is 0 Å². The van der Waals surface area contributed by atoms with Gasteiger partial charge in [-0.1, -0.05) is 60.7 Å². The average molecular weight is 753 g/mol. The van der Waals surface area contributed by atoms with Gasteiger partial charge < -0.3 is 28.1 Å². The minimum atomic E-state index is 0.750. The maximum atomic E-state index is 6.73. The topological polar surface area (TPSA) is 51.2 Å². The Morgan fingerprint density at radius 3 is 1.17 bits per heavy atom. The van der Waals surface area contributed by atoms with Crippen LogP contribution in [0.1, 0.15) is 0 Å². The number of anilines is 6. The van der Waals surface area contributed by atoms with Crippen molar-refractivity contribution in [2.45, 2.75) is 0 Å². The standard InChI is InChI=1S/C52H36N2O4/c1-55-43-17-9-15-39(31-43)53(37-11-5-3-6-12-37)41-21-19-33-27-47-45-23-24-46-48-28-34-20-22-42(54(38-13-7-4-8-14-38)40-16-10-18-44(32-40)56-2)26-36(34)30-50(48)58-52(46)51(45)57-49(47)29-35(33)25-41/h3-32H,1-2H3. The fraction of sp³-hybridized carbons (Fsp3) is 0.0385. The zero-order valence-electron chi connectivity index (χ0n) is 31.8. The summed E-state index contributed by atoms with van der Waals surface area (Å²) >= 11 is 0. The van der Waals surface area contributed by atoms with Crippen molar-refractivity contribution in [1.29, 1.82) is 0 Å². The SMILES string of the molecule is COc1cccc(N(c2ccccc2)c2ccc3cc4c(cc3c2)oc2c4ccc3c4cc5ccc(N(c6ccccc6)c6cccc(OC)c6)cc5cc4oc32)c1. The van der Waals surface area contributed by atoms with Crippen LogP contribution in [0.4, 0.5) is 34.1 Å². The third-order valence-electron chi connectivity index (χ3n) is 11.1. The molecule has 6 heteroatoms. The highest BCUT2D eigenvalue weighted by atomic mass is 16.5. The lowest BCUT2D eigenvalue weighted by Crippen LogP contribution is -2.09. The van der Waals surface area contributed by atoms with Crippen LogP contribution in [0, 0.1) is 0 Å². The first-order valence-corrected chi connectivity index (χ1v) is 19.3. The van der Waals surface area contributed by atoms with Gasteiger partial charge in [-0.2, -0.15) is 0 Å². The van der Waals surface area contributed by atoms with Gasteiger partial charge in [0, 0.05) is 67.8 Å². The highest BCUT2D eigenvalue weighted by molar-refractivity contribution is 6.21. The Kier molecular flexibility index (Phi) is 7.83. The van der Waals surface area contributed by atoms with Crippen molar-refractivity contribution in [3.63, 3.8) is 0 Å². The third kappa shape index (κ3) is 5.57. The number of hydrogen-bond donors (Lipinski definition) is 0. The lowest BCUT2D eigenvalue weighted by Gasteiger charge is -2.26. The van der Waals surface area contributed by atoms with E-state index in [1.165, 1.54) is 0 Å². The first-order chi connectivity index (χ1) is 28.6. The fourth-order valence-corrected chi connectivity index (χ4v) is 8.35. The molecule has 0 saturated carbocycles. The number of methoxy groups -OCH3 is 2. The molecule has 11 aromatic rings. The van der Waals surface area contributed by atoms with Crippen molar-refractivity contribution < 1.29 is 18.3 Å². The summed E-state index contributed by atoms with van der Waals surface area (Å²) in [6.45, 7) is 0. The van der Waals surface area contributed by atoms with Crippen LogP contribution < -0.4 is 19.3 Å². The van der Waals surface area contributed by atoms with Gasteiger partial charge in [-0.15, -0.1) is 0 Å². The number of para-hydroxylation sites is 2. The molecule has 0 atom stereocenters. The van der Waals surface area contributed by atoms with Crippen LogP contribution in [0.2, 0.25) is 0 Å². The molecule has 0 aliphatic carbocycles.